The Morgan fingerprint density at radius 3 is 2.41 bits per heavy atom. The quantitative estimate of drug-likeness (QED) is 0.325. The molecule has 6 heteroatoms. The van der Waals surface area contributed by atoms with E-state index in [1.807, 2.05) is 24.3 Å². The van der Waals surface area contributed by atoms with E-state index in [1.54, 1.807) is 14.2 Å². The highest BCUT2D eigenvalue weighted by Gasteiger charge is 2.05. The van der Waals surface area contributed by atoms with Crippen LogP contribution in [0.2, 0.25) is 0 Å². The number of guanidine groups is 1. The average molecular weight is 483 g/mol. The molecule has 148 valence electrons. The van der Waals surface area contributed by atoms with Crippen LogP contribution in [0.1, 0.15) is 18.1 Å². The lowest BCUT2D eigenvalue weighted by atomic mass is 10.1. The predicted octanol–water partition coefficient (Wildman–Crippen LogP) is 3.66. The second kappa shape index (κ2) is 13.2. The van der Waals surface area contributed by atoms with Gasteiger partial charge in [0.05, 0.1) is 14.2 Å². The van der Waals surface area contributed by atoms with Crippen LogP contribution in [-0.2, 0) is 12.8 Å². The lowest BCUT2D eigenvalue weighted by Crippen LogP contribution is -2.38. The van der Waals surface area contributed by atoms with Crippen molar-refractivity contribution in [3.63, 3.8) is 0 Å². The van der Waals surface area contributed by atoms with Crippen LogP contribution in [0.15, 0.2) is 53.5 Å². The first-order chi connectivity index (χ1) is 12.8. The molecule has 0 saturated carbocycles. The molecule has 0 fully saturated rings. The minimum absolute atomic E-state index is 0. The number of nitrogens with one attached hydrogen (secondary N) is 2. The summed E-state index contributed by atoms with van der Waals surface area (Å²) in [4.78, 5) is 4.67. The first kappa shape index (κ1) is 23.1. The number of benzene rings is 2. The molecule has 2 N–H and O–H groups in total. The molecule has 27 heavy (non-hydrogen) atoms. The maximum Gasteiger partial charge on any atom is 0.191 e. The second-order valence-corrected chi connectivity index (χ2v) is 5.85. The van der Waals surface area contributed by atoms with Gasteiger partial charge in [-0.25, -0.2) is 0 Å². The zero-order valence-corrected chi connectivity index (χ0v) is 18.7. The molecule has 0 amide bonds. The van der Waals surface area contributed by atoms with E-state index in [0.717, 1.165) is 49.0 Å². The number of methoxy groups -OCH3 is 2. The molecular formula is C21H30IN3O2. The fourth-order valence-electron chi connectivity index (χ4n) is 2.68. The zero-order chi connectivity index (χ0) is 18.6. The summed E-state index contributed by atoms with van der Waals surface area (Å²) in [5.74, 6) is 2.53. The number of aliphatic imine (C=N–C) groups is 1. The summed E-state index contributed by atoms with van der Waals surface area (Å²) in [6, 6.07) is 16.3. The fraction of sp³-hybridized carbons (Fsp3) is 0.381. The molecule has 2 aromatic carbocycles. The van der Waals surface area contributed by atoms with Crippen molar-refractivity contribution in [2.24, 2.45) is 4.99 Å². The van der Waals surface area contributed by atoms with E-state index in [9.17, 15) is 0 Å². The van der Waals surface area contributed by atoms with E-state index in [1.165, 1.54) is 5.56 Å². The summed E-state index contributed by atoms with van der Waals surface area (Å²) in [6.45, 7) is 4.42. The molecule has 0 aromatic heterocycles. The van der Waals surface area contributed by atoms with Crippen molar-refractivity contribution in [3.05, 3.63) is 59.7 Å². The zero-order valence-electron chi connectivity index (χ0n) is 16.3. The van der Waals surface area contributed by atoms with Crippen LogP contribution in [0, 0.1) is 0 Å². The molecule has 2 rings (SSSR count). The number of rotatable bonds is 9. The normalized spacial score (nSPS) is 10.7. The first-order valence-electron chi connectivity index (χ1n) is 9.03. The molecule has 0 aliphatic rings. The van der Waals surface area contributed by atoms with E-state index in [2.05, 4.69) is 46.8 Å². The molecule has 0 atom stereocenters. The summed E-state index contributed by atoms with van der Waals surface area (Å²) in [6.07, 6.45) is 1.75. The van der Waals surface area contributed by atoms with Gasteiger partial charge in [-0.3, -0.25) is 4.99 Å². The third kappa shape index (κ3) is 8.07. The number of hydrogen-bond donors (Lipinski definition) is 2. The van der Waals surface area contributed by atoms with Crippen molar-refractivity contribution in [2.45, 2.75) is 19.8 Å². The van der Waals surface area contributed by atoms with Crippen molar-refractivity contribution in [1.82, 2.24) is 10.6 Å². The maximum atomic E-state index is 5.43. The van der Waals surface area contributed by atoms with Gasteiger partial charge in [0.25, 0.3) is 0 Å². The van der Waals surface area contributed by atoms with Crippen LogP contribution < -0.4 is 20.1 Å². The largest absolute Gasteiger partial charge is 0.497 e. The van der Waals surface area contributed by atoms with Gasteiger partial charge in [0.2, 0.25) is 0 Å². The lowest BCUT2D eigenvalue weighted by molar-refractivity contribution is 0.399. The lowest BCUT2D eigenvalue weighted by Gasteiger charge is -2.12. The SMILES string of the molecule is CCNC(=NCCc1cc(OC)ccc1OC)NCCc1ccccc1.I. The van der Waals surface area contributed by atoms with Gasteiger partial charge < -0.3 is 20.1 Å². The van der Waals surface area contributed by atoms with Gasteiger partial charge in [0.15, 0.2) is 5.96 Å². The molecular weight excluding hydrogens is 453 g/mol. The molecule has 0 heterocycles. The van der Waals surface area contributed by atoms with Gasteiger partial charge in [-0.1, -0.05) is 30.3 Å². The third-order valence-electron chi connectivity index (χ3n) is 4.03. The Balaban J connectivity index is 0.00000364. The van der Waals surface area contributed by atoms with Gasteiger partial charge in [-0.05, 0) is 49.1 Å². The van der Waals surface area contributed by atoms with Crippen LogP contribution in [0.3, 0.4) is 0 Å². The van der Waals surface area contributed by atoms with Crippen LogP contribution in [0.5, 0.6) is 11.5 Å². The van der Waals surface area contributed by atoms with Crippen molar-refractivity contribution in [2.75, 3.05) is 33.9 Å². The topological polar surface area (TPSA) is 54.9 Å². The van der Waals surface area contributed by atoms with Crippen molar-refractivity contribution < 1.29 is 9.47 Å². The molecule has 0 aliphatic carbocycles. The maximum absolute atomic E-state index is 5.43. The molecule has 5 nitrogen and oxygen atoms in total. The molecule has 0 spiro atoms. The van der Waals surface area contributed by atoms with Gasteiger partial charge in [0, 0.05) is 19.6 Å². The Bertz CT molecular complexity index is 693. The number of nitrogens with zero attached hydrogens (tertiary/aromatic N) is 1. The summed E-state index contributed by atoms with van der Waals surface area (Å²) in [5.41, 5.74) is 2.41. The van der Waals surface area contributed by atoms with Crippen molar-refractivity contribution in [3.8, 4) is 11.5 Å². The Kier molecular flexibility index (Phi) is 11.3. The van der Waals surface area contributed by atoms with Crippen LogP contribution in [0.25, 0.3) is 0 Å². The van der Waals surface area contributed by atoms with Crippen molar-refractivity contribution in [1.29, 1.82) is 0 Å². The highest BCUT2D eigenvalue weighted by atomic mass is 127. The summed E-state index contributed by atoms with van der Waals surface area (Å²) in [5, 5.41) is 6.68. The smallest absolute Gasteiger partial charge is 0.191 e. The predicted molar refractivity (Wildman–Crippen MR) is 123 cm³/mol. The summed E-state index contributed by atoms with van der Waals surface area (Å²) in [7, 11) is 3.35. The van der Waals surface area contributed by atoms with E-state index >= 15 is 0 Å². The minimum atomic E-state index is 0. The summed E-state index contributed by atoms with van der Waals surface area (Å²) < 4.78 is 10.7. The van der Waals surface area contributed by atoms with E-state index in [-0.39, 0.29) is 24.0 Å². The Labute approximate surface area is 179 Å². The van der Waals surface area contributed by atoms with Crippen molar-refractivity contribution >= 4 is 29.9 Å². The number of halogens is 1. The van der Waals surface area contributed by atoms with Crippen LogP contribution in [-0.4, -0.2) is 39.8 Å². The summed E-state index contributed by atoms with van der Waals surface area (Å²) >= 11 is 0. The molecule has 0 radical (unpaired) electrons. The van der Waals surface area contributed by atoms with E-state index in [0.29, 0.717) is 6.54 Å². The molecule has 0 bridgehead atoms. The van der Waals surface area contributed by atoms with Gasteiger partial charge in [-0.2, -0.15) is 0 Å². The minimum Gasteiger partial charge on any atom is -0.497 e. The fourth-order valence-corrected chi connectivity index (χ4v) is 2.68. The standard InChI is InChI=1S/C21H29N3O2.HI/c1-4-22-21(23-14-12-17-8-6-5-7-9-17)24-15-13-18-16-19(25-2)10-11-20(18)26-3;/h5-11,16H,4,12-15H2,1-3H3,(H2,22,23,24);1H. The van der Waals surface area contributed by atoms with Gasteiger partial charge >= 0.3 is 0 Å². The third-order valence-corrected chi connectivity index (χ3v) is 4.03. The van der Waals surface area contributed by atoms with Crippen LogP contribution >= 0.6 is 24.0 Å². The second-order valence-electron chi connectivity index (χ2n) is 5.85. The highest BCUT2D eigenvalue weighted by molar-refractivity contribution is 14.0. The monoisotopic (exact) mass is 483 g/mol. The molecule has 0 saturated heterocycles. The van der Waals surface area contributed by atoms with Gasteiger partial charge in [-0.15, -0.1) is 24.0 Å². The van der Waals surface area contributed by atoms with Gasteiger partial charge in [0.1, 0.15) is 11.5 Å². The average Bonchev–Trinajstić information content (AvgIpc) is 2.68. The highest BCUT2D eigenvalue weighted by Crippen LogP contribution is 2.24. The first-order valence-corrected chi connectivity index (χ1v) is 9.03. The van der Waals surface area contributed by atoms with E-state index < -0.39 is 0 Å². The number of ether oxygens (including phenoxy) is 2. The molecule has 2 aromatic rings. The Morgan fingerprint density at radius 2 is 1.74 bits per heavy atom. The molecule has 0 unspecified atom stereocenters. The van der Waals surface area contributed by atoms with Crippen LogP contribution in [0.4, 0.5) is 0 Å². The molecule has 0 aliphatic heterocycles. The Hall–Kier alpha value is -1.96. The van der Waals surface area contributed by atoms with E-state index in [4.69, 9.17) is 9.47 Å². The number of hydrogen-bond acceptors (Lipinski definition) is 3. The Morgan fingerprint density at radius 1 is 0.963 bits per heavy atom.